The third kappa shape index (κ3) is 6.84. The third-order valence-corrected chi connectivity index (χ3v) is 8.23. The summed E-state index contributed by atoms with van der Waals surface area (Å²) in [5, 5.41) is 22.2. The Morgan fingerprint density at radius 1 is 0.956 bits per heavy atom. The van der Waals surface area contributed by atoms with E-state index in [0.717, 1.165) is 27.4 Å². The molecule has 0 spiro atoms. The Kier molecular flexibility index (Phi) is 8.79. The lowest BCUT2D eigenvalue weighted by molar-refractivity contribution is -0.145. The first kappa shape index (κ1) is 29.9. The van der Waals surface area contributed by atoms with E-state index in [1.165, 1.54) is 0 Å². The van der Waals surface area contributed by atoms with E-state index in [0.29, 0.717) is 29.4 Å². The molecule has 4 aromatic carbocycles. The highest BCUT2D eigenvalue weighted by atomic mass is 16.7. The number of carboxylic acids is 1. The molecule has 45 heavy (non-hydrogen) atoms. The van der Waals surface area contributed by atoms with Gasteiger partial charge in [-0.15, -0.1) is 0 Å². The molecule has 5 aromatic rings. The van der Waals surface area contributed by atoms with Gasteiger partial charge in [-0.3, -0.25) is 9.59 Å². The highest BCUT2D eigenvalue weighted by Crippen LogP contribution is 2.38. The van der Waals surface area contributed by atoms with Gasteiger partial charge in [-0.2, -0.15) is 0 Å². The Labute approximate surface area is 260 Å². The average molecular weight is 607 g/mol. The van der Waals surface area contributed by atoms with Gasteiger partial charge in [0.05, 0.1) is 0 Å². The van der Waals surface area contributed by atoms with Gasteiger partial charge in [0.2, 0.25) is 12.7 Å². The largest absolute Gasteiger partial charge is 0.481 e. The number of allylic oxidation sites excluding steroid dienone is 1. The first-order chi connectivity index (χ1) is 21.9. The van der Waals surface area contributed by atoms with E-state index in [1.807, 2.05) is 104 Å². The summed E-state index contributed by atoms with van der Waals surface area (Å²) >= 11 is 0. The van der Waals surface area contributed by atoms with Gasteiger partial charge in [0.25, 0.3) is 5.91 Å². The number of aliphatic hydroxyl groups is 1. The number of fused-ring (bicyclic) bond motifs is 3. The number of aliphatic carboxylic acids is 1. The molecular formula is C36H34N2O7. The van der Waals surface area contributed by atoms with Gasteiger partial charge in [0, 0.05) is 24.9 Å². The van der Waals surface area contributed by atoms with E-state index in [1.54, 1.807) is 4.90 Å². The summed E-state index contributed by atoms with van der Waals surface area (Å²) in [7, 11) is 0. The number of hydrogen-bond acceptors (Lipinski definition) is 7. The number of ether oxygens (including phenoxy) is 2. The molecule has 1 amide bonds. The maximum atomic E-state index is 13.9. The van der Waals surface area contributed by atoms with Crippen molar-refractivity contribution in [2.24, 2.45) is 0 Å². The molecule has 0 saturated heterocycles. The first-order valence-corrected chi connectivity index (χ1v) is 15.0. The lowest BCUT2D eigenvalue weighted by Gasteiger charge is -2.36. The Balaban J connectivity index is 1.34. The number of aromatic nitrogens is 1. The van der Waals surface area contributed by atoms with E-state index in [-0.39, 0.29) is 32.1 Å². The molecule has 6 rings (SSSR count). The minimum atomic E-state index is -1.46. The van der Waals surface area contributed by atoms with Crippen LogP contribution in [0.3, 0.4) is 0 Å². The van der Waals surface area contributed by atoms with Crippen molar-refractivity contribution in [3.05, 3.63) is 108 Å². The number of carbonyl (C=O) groups is 2. The maximum absolute atomic E-state index is 13.9. The van der Waals surface area contributed by atoms with Gasteiger partial charge in [0.1, 0.15) is 11.6 Å². The molecular weight excluding hydrogens is 572 g/mol. The molecule has 2 N–H and O–H groups in total. The quantitative estimate of drug-likeness (QED) is 0.164. The highest BCUT2D eigenvalue weighted by Gasteiger charge is 2.32. The van der Waals surface area contributed by atoms with E-state index < -0.39 is 24.0 Å². The number of oxazole rings is 1. The van der Waals surface area contributed by atoms with Gasteiger partial charge in [0.15, 0.2) is 17.1 Å². The smallest absolute Gasteiger partial charge is 0.303 e. The van der Waals surface area contributed by atoms with Crippen molar-refractivity contribution in [2.75, 3.05) is 6.79 Å². The van der Waals surface area contributed by atoms with Crippen LogP contribution in [0, 0.1) is 0 Å². The summed E-state index contributed by atoms with van der Waals surface area (Å²) in [5.41, 5.74) is 3.27. The minimum absolute atomic E-state index is 0.138. The second-order valence-corrected chi connectivity index (χ2v) is 11.2. The van der Waals surface area contributed by atoms with E-state index in [2.05, 4.69) is 4.98 Å². The van der Waals surface area contributed by atoms with Crippen molar-refractivity contribution in [3.8, 4) is 11.5 Å². The second-order valence-electron chi connectivity index (χ2n) is 11.2. The summed E-state index contributed by atoms with van der Waals surface area (Å²) in [6.45, 7) is 2.31. The molecule has 3 unspecified atom stereocenters. The SMILES string of the molecule is CC(C(C/C=C/c1nc2ccccc2o1)c1ccc2c(c1)OCO2)N(Cc1ccc2ccccc2c1)C(=O)C(O)CCC(=O)O. The Morgan fingerprint density at radius 3 is 2.56 bits per heavy atom. The van der Waals surface area contributed by atoms with E-state index in [4.69, 9.17) is 13.9 Å². The number of benzene rings is 4. The molecule has 3 atom stereocenters. The number of nitrogens with zero attached hydrogens (tertiary/aromatic N) is 2. The molecule has 1 aliphatic heterocycles. The number of para-hydroxylation sites is 2. The molecule has 1 aromatic heterocycles. The fraction of sp³-hybridized carbons (Fsp3) is 0.250. The van der Waals surface area contributed by atoms with Crippen molar-refractivity contribution >= 4 is 39.8 Å². The lowest BCUT2D eigenvalue weighted by Crippen LogP contribution is -2.46. The predicted octanol–water partition coefficient (Wildman–Crippen LogP) is 6.54. The standard InChI is InChI=1S/C36H34N2O7/c1-23(38(36(42)30(39)16-18-35(40)41)21-24-13-14-25-7-2-3-8-26(25)19-24)28(27-15-17-32-33(20-27)44-22-43-32)9-6-12-34-37-29-10-4-5-11-31(29)45-34/h2-8,10-15,17,19-20,23,28,30,39H,9,16,18,21-22H2,1H3,(H,40,41)/b12-6+. The normalized spacial score (nSPS) is 14.5. The number of hydrogen-bond donors (Lipinski definition) is 2. The molecule has 0 fully saturated rings. The number of rotatable bonds is 12. The number of aliphatic hydroxyl groups excluding tert-OH is 1. The van der Waals surface area contributed by atoms with Gasteiger partial charge in [-0.25, -0.2) is 4.98 Å². The zero-order valence-corrected chi connectivity index (χ0v) is 24.8. The van der Waals surface area contributed by atoms with Crippen LogP contribution in [-0.4, -0.2) is 50.9 Å². The number of amides is 1. The van der Waals surface area contributed by atoms with E-state index >= 15 is 0 Å². The van der Waals surface area contributed by atoms with Crippen molar-refractivity contribution in [3.63, 3.8) is 0 Å². The average Bonchev–Trinajstić information content (AvgIpc) is 3.70. The first-order valence-electron chi connectivity index (χ1n) is 15.0. The fourth-order valence-corrected chi connectivity index (χ4v) is 5.78. The van der Waals surface area contributed by atoms with Crippen LogP contribution >= 0.6 is 0 Å². The lowest BCUT2D eigenvalue weighted by atomic mass is 9.87. The number of carbonyl (C=O) groups excluding carboxylic acids is 1. The van der Waals surface area contributed by atoms with Gasteiger partial charge in [-0.05, 0) is 78.1 Å². The fourth-order valence-electron chi connectivity index (χ4n) is 5.78. The van der Waals surface area contributed by atoms with Crippen LogP contribution in [0.15, 0.2) is 95.4 Å². The summed E-state index contributed by atoms with van der Waals surface area (Å²) in [4.78, 5) is 31.3. The Hall–Kier alpha value is -5.15. The van der Waals surface area contributed by atoms with Crippen molar-refractivity contribution in [1.29, 1.82) is 0 Å². The van der Waals surface area contributed by atoms with Gasteiger partial charge >= 0.3 is 5.97 Å². The van der Waals surface area contributed by atoms with Crippen LogP contribution in [0.4, 0.5) is 0 Å². The van der Waals surface area contributed by atoms with Crippen molar-refractivity contribution in [2.45, 2.75) is 50.8 Å². The van der Waals surface area contributed by atoms with Crippen LogP contribution in [0.1, 0.15) is 49.1 Å². The summed E-state index contributed by atoms with van der Waals surface area (Å²) in [5.74, 6) is -0.0799. The molecule has 2 heterocycles. The monoisotopic (exact) mass is 606 g/mol. The maximum Gasteiger partial charge on any atom is 0.303 e. The summed E-state index contributed by atoms with van der Waals surface area (Å²) < 4.78 is 17.1. The minimum Gasteiger partial charge on any atom is -0.481 e. The molecule has 230 valence electrons. The van der Waals surface area contributed by atoms with Crippen molar-refractivity contribution in [1.82, 2.24) is 9.88 Å². The van der Waals surface area contributed by atoms with Crippen LogP contribution in [-0.2, 0) is 16.1 Å². The molecule has 9 heteroatoms. The topological polar surface area (TPSA) is 122 Å². The Bertz CT molecular complexity index is 1830. The molecule has 1 aliphatic rings. The third-order valence-electron chi connectivity index (χ3n) is 8.23. The molecule has 9 nitrogen and oxygen atoms in total. The highest BCUT2D eigenvalue weighted by molar-refractivity contribution is 5.84. The van der Waals surface area contributed by atoms with Crippen LogP contribution in [0.5, 0.6) is 11.5 Å². The molecule has 0 bridgehead atoms. The molecule has 0 radical (unpaired) electrons. The Morgan fingerprint density at radius 2 is 1.73 bits per heavy atom. The van der Waals surface area contributed by atoms with Crippen LogP contribution < -0.4 is 9.47 Å². The van der Waals surface area contributed by atoms with Crippen LogP contribution in [0.25, 0.3) is 27.9 Å². The van der Waals surface area contributed by atoms with Gasteiger partial charge in [-0.1, -0.05) is 60.7 Å². The number of carboxylic acid groups (broad SMARTS) is 1. The molecule has 0 aliphatic carbocycles. The van der Waals surface area contributed by atoms with Crippen LogP contribution in [0.2, 0.25) is 0 Å². The summed E-state index contributed by atoms with van der Waals surface area (Å²) in [6.07, 6.45) is 2.34. The second kappa shape index (κ2) is 13.2. The summed E-state index contributed by atoms with van der Waals surface area (Å²) in [6, 6.07) is 26.9. The predicted molar refractivity (Wildman–Crippen MR) is 170 cm³/mol. The molecule has 0 saturated carbocycles. The van der Waals surface area contributed by atoms with Gasteiger partial charge < -0.3 is 29.0 Å². The van der Waals surface area contributed by atoms with Crippen molar-refractivity contribution < 1.29 is 33.7 Å². The zero-order valence-electron chi connectivity index (χ0n) is 24.8. The van der Waals surface area contributed by atoms with E-state index in [9.17, 15) is 19.8 Å². The zero-order chi connectivity index (χ0) is 31.3.